The number of nitrogens with zero attached hydrogens (tertiary/aromatic N) is 2. The molecule has 38 heavy (non-hydrogen) atoms. The maximum Gasteiger partial charge on any atom is 0.307 e. The zero-order valence-corrected chi connectivity index (χ0v) is 21.8. The average Bonchev–Trinajstić information content (AvgIpc) is 3.56. The lowest BCUT2D eigenvalue weighted by molar-refractivity contribution is -0.136. The lowest BCUT2D eigenvalue weighted by atomic mass is 10.1. The summed E-state index contributed by atoms with van der Waals surface area (Å²) in [6.45, 7) is 6.00. The molecule has 7 heteroatoms. The molecule has 0 aliphatic heterocycles. The first-order valence-corrected chi connectivity index (χ1v) is 13.2. The molecular formula is C31H27N3O3S. The predicted octanol–water partition coefficient (Wildman–Crippen LogP) is 7.78. The van der Waals surface area contributed by atoms with Crippen molar-refractivity contribution in [2.24, 2.45) is 0 Å². The minimum atomic E-state index is -0.852. The van der Waals surface area contributed by atoms with Gasteiger partial charge in [-0.15, -0.1) is 17.9 Å². The molecule has 0 fully saturated rings. The largest absolute Gasteiger partial charge is 0.481 e. The molecule has 0 aliphatic rings. The number of carbonyl (C=O) groups is 1. The molecule has 2 N–H and O–H groups in total. The van der Waals surface area contributed by atoms with E-state index < -0.39 is 5.97 Å². The standard InChI is InChI=1S/C31H27N3O3S/c1-3-7-25-26(4-2)33-31(34-30(25)32-22-13-10-20(11-14-22)18-29(35)36)28-17-16-23(38-28)15-12-21-19-37-27-9-6-5-8-24(21)27/h3,5-6,8-17,19H,1,4,7,18H2,2H3,(H,35,36)(H,32,33,34). The summed E-state index contributed by atoms with van der Waals surface area (Å²) in [6.07, 6.45) is 9.16. The van der Waals surface area contributed by atoms with E-state index in [0.29, 0.717) is 12.2 Å². The van der Waals surface area contributed by atoms with Crippen molar-refractivity contribution in [1.82, 2.24) is 9.97 Å². The molecule has 2 aromatic carbocycles. The van der Waals surface area contributed by atoms with Crippen LogP contribution in [-0.4, -0.2) is 21.0 Å². The van der Waals surface area contributed by atoms with Gasteiger partial charge in [0.2, 0.25) is 0 Å². The SMILES string of the molecule is C=CCc1c(CC)nc(-c2ccc(C=Cc3coc4ccccc34)s2)nc1Nc1ccc(CC(=O)O)cc1. The lowest BCUT2D eigenvalue weighted by Gasteiger charge is -2.15. The van der Waals surface area contributed by atoms with Gasteiger partial charge in [0.1, 0.15) is 11.4 Å². The van der Waals surface area contributed by atoms with Crippen LogP contribution in [0.25, 0.3) is 33.8 Å². The first-order chi connectivity index (χ1) is 18.5. The maximum atomic E-state index is 11.0. The highest BCUT2D eigenvalue weighted by Crippen LogP contribution is 2.32. The predicted molar refractivity (Wildman–Crippen MR) is 155 cm³/mol. The number of furan rings is 1. The maximum absolute atomic E-state index is 11.0. The van der Waals surface area contributed by atoms with Gasteiger partial charge in [0.25, 0.3) is 0 Å². The van der Waals surface area contributed by atoms with Crippen molar-refractivity contribution in [3.63, 3.8) is 0 Å². The van der Waals surface area contributed by atoms with Gasteiger partial charge >= 0.3 is 5.97 Å². The summed E-state index contributed by atoms with van der Waals surface area (Å²) in [6, 6.07) is 19.5. The van der Waals surface area contributed by atoms with Crippen LogP contribution in [0.1, 0.15) is 34.2 Å². The number of hydrogen-bond donors (Lipinski definition) is 2. The van der Waals surface area contributed by atoms with Crippen LogP contribution in [0.3, 0.4) is 0 Å². The number of aliphatic carboxylic acids is 1. The average molecular weight is 522 g/mol. The van der Waals surface area contributed by atoms with Gasteiger partial charge in [0.15, 0.2) is 5.82 Å². The number of nitrogens with one attached hydrogen (secondary N) is 1. The molecule has 0 saturated heterocycles. The number of carboxylic acid groups (broad SMARTS) is 1. The minimum absolute atomic E-state index is 0.00832. The summed E-state index contributed by atoms with van der Waals surface area (Å²) < 4.78 is 5.65. The van der Waals surface area contributed by atoms with Gasteiger partial charge in [-0.1, -0.05) is 43.3 Å². The molecule has 0 saturated carbocycles. The Morgan fingerprint density at radius 3 is 2.66 bits per heavy atom. The first-order valence-electron chi connectivity index (χ1n) is 12.4. The van der Waals surface area contributed by atoms with E-state index in [2.05, 4.69) is 43.1 Å². The fraction of sp³-hybridized carbons (Fsp3) is 0.129. The van der Waals surface area contributed by atoms with E-state index in [1.54, 1.807) is 17.6 Å². The Hall–Kier alpha value is -4.49. The van der Waals surface area contributed by atoms with Crippen molar-refractivity contribution < 1.29 is 14.3 Å². The van der Waals surface area contributed by atoms with Crippen LogP contribution >= 0.6 is 11.3 Å². The molecule has 190 valence electrons. The molecule has 5 aromatic rings. The molecule has 0 atom stereocenters. The molecule has 3 heterocycles. The van der Waals surface area contributed by atoms with Crippen molar-refractivity contribution >= 4 is 51.9 Å². The molecule has 0 aliphatic carbocycles. The molecule has 0 bridgehead atoms. The van der Waals surface area contributed by atoms with Gasteiger partial charge in [0.05, 0.1) is 17.6 Å². The van der Waals surface area contributed by atoms with E-state index in [0.717, 1.165) is 61.0 Å². The van der Waals surface area contributed by atoms with Crippen LogP contribution in [0, 0.1) is 0 Å². The number of allylic oxidation sites excluding steroid dienone is 1. The van der Waals surface area contributed by atoms with Gasteiger partial charge in [-0.3, -0.25) is 4.79 Å². The summed E-state index contributed by atoms with van der Waals surface area (Å²) in [4.78, 5) is 22.9. The highest BCUT2D eigenvalue weighted by atomic mass is 32.1. The van der Waals surface area contributed by atoms with Crippen molar-refractivity contribution in [3.8, 4) is 10.7 Å². The van der Waals surface area contributed by atoms with Crippen molar-refractivity contribution in [2.45, 2.75) is 26.2 Å². The van der Waals surface area contributed by atoms with Crippen LogP contribution < -0.4 is 5.32 Å². The molecule has 0 radical (unpaired) electrons. The van der Waals surface area contributed by atoms with Gasteiger partial charge < -0.3 is 14.8 Å². The Kier molecular flexibility index (Phi) is 7.47. The Morgan fingerprint density at radius 1 is 1.08 bits per heavy atom. The summed E-state index contributed by atoms with van der Waals surface area (Å²) in [7, 11) is 0. The third-order valence-electron chi connectivity index (χ3n) is 6.13. The van der Waals surface area contributed by atoms with Crippen molar-refractivity contribution in [3.05, 3.63) is 107 Å². The number of carboxylic acids is 1. The molecule has 0 unspecified atom stereocenters. The third-order valence-corrected chi connectivity index (χ3v) is 7.18. The van der Waals surface area contributed by atoms with Crippen LogP contribution in [0.2, 0.25) is 0 Å². The highest BCUT2D eigenvalue weighted by Gasteiger charge is 2.15. The van der Waals surface area contributed by atoms with Gasteiger partial charge in [-0.05, 0) is 60.9 Å². The van der Waals surface area contributed by atoms with Crippen molar-refractivity contribution in [2.75, 3.05) is 5.32 Å². The van der Waals surface area contributed by atoms with E-state index in [-0.39, 0.29) is 6.42 Å². The molecule has 3 aromatic heterocycles. The van der Waals surface area contributed by atoms with Crippen molar-refractivity contribution in [1.29, 1.82) is 0 Å². The highest BCUT2D eigenvalue weighted by molar-refractivity contribution is 7.16. The minimum Gasteiger partial charge on any atom is -0.481 e. The van der Waals surface area contributed by atoms with E-state index >= 15 is 0 Å². The molecule has 0 amide bonds. The fourth-order valence-corrected chi connectivity index (χ4v) is 5.12. The second-order valence-electron chi connectivity index (χ2n) is 8.78. The monoisotopic (exact) mass is 521 g/mol. The Morgan fingerprint density at radius 2 is 1.89 bits per heavy atom. The first kappa shape index (κ1) is 25.2. The molecular weight excluding hydrogens is 494 g/mol. The zero-order valence-electron chi connectivity index (χ0n) is 21.0. The summed E-state index contributed by atoms with van der Waals surface area (Å²) in [5.41, 5.74) is 5.46. The second kappa shape index (κ2) is 11.3. The van der Waals surface area contributed by atoms with E-state index in [9.17, 15) is 4.79 Å². The van der Waals surface area contributed by atoms with Crippen LogP contribution in [0.4, 0.5) is 11.5 Å². The smallest absolute Gasteiger partial charge is 0.307 e. The number of aryl methyl sites for hydroxylation is 1. The normalized spacial score (nSPS) is 11.3. The fourth-order valence-electron chi connectivity index (χ4n) is 4.27. The number of fused-ring (bicyclic) bond motifs is 1. The molecule has 5 rings (SSSR count). The summed E-state index contributed by atoms with van der Waals surface area (Å²) in [5.74, 6) is 0.543. The number of anilines is 2. The van der Waals surface area contributed by atoms with Gasteiger partial charge in [0, 0.05) is 32.8 Å². The second-order valence-corrected chi connectivity index (χ2v) is 9.90. The van der Waals surface area contributed by atoms with E-state index in [4.69, 9.17) is 19.5 Å². The van der Waals surface area contributed by atoms with Crippen LogP contribution in [0.5, 0.6) is 0 Å². The number of aromatic nitrogens is 2. The van der Waals surface area contributed by atoms with Crippen LogP contribution in [-0.2, 0) is 24.1 Å². The Bertz CT molecular complexity index is 1630. The quantitative estimate of drug-likeness (QED) is 0.182. The molecule has 0 spiro atoms. The number of rotatable bonds is 10. The summed E-state index contributed by atoms with van der Waals surface area (Å²) >= 11 is 1.63. The van der Waals surface area contributed by atoms with E-state index in [1.165, 1.54) is 0 Å². The lowest BCUT2D eigenvalue weighted by Crippen LogP contribution is -2.07. The number of benzene rings is 2. The number of para-hydroxylation sites is 1. The third kappa shape index (κ3) is 5.58. The zero-order chi connectivity index (χ0) is 26.5. The molecule has 6 nitrogen and oxygen atoms in total. The summed E-state index contributed by atoms with van der Waals surface area (Å²) in [5, 5.41) is 13.5. The Labute approximate surface area is 225 Å². The van der Waals surface area contributed by atoms with E-state index in [1.807, 2.05) is 54.6 Å². The van der Waals surface area contributed by atoms with Gasteiger partial charge in [-0.25, -0.2) is 9.97 Å². The number of thiophene rings is 1. The van der Waals surface area contributed by atoms with Crippen LogP contribution in [0.15, 0.2) is 84.0 Å². The Balaban J connectivity index is 1.44. The van der Waals surface area contributed by atoms with Gasteiger partial charge in [-0.2, -0.15) is 0 Å². The topological polar surface area (TPSA) is 88.3 Å². The number of hydrogen-bond acceptors (Lipinski definition) is 6.